The molecule has 0 bridgehead atoms. The van der Waals surface area contributed by atoms with Gasteiger partial charge in [0.15, 0.2) is 0 Å². The quantitative estimate of drug-likeness (QED) is 0.821. The minimum atomic E-state index is -0.987. The lowest BCUT2D eigenvalue weighted by molar-refractivity contribution is -0.131. The van der Waals surface area contributed by atoms with Crippen molar-refractivity contribution in [3.05, 3.63) is 41.5 Å². The van der Waals surface area contributed by atoms with Crippen LogP contribution in [0.4, 0.5) is 0 Å². The zero-order valence-corrected chi connectivity index (χ0v) is 12.8. The number of carbonyl (C=O) groups excluding carboxylic acids is 1. The van der Waals surface area contributed by atoms with Crippen LogP contribution in [0.3, 0.4) is 0 Å². The van der Waals surface area contributed by atoms with Crippen LogP contribution in [0, 0.1) is 0 Å². The van der Waals surface area contributed by atoms with Crippen molar-refractivity contribution in [2.75, 3.05) is 12.3 Å². The van der Waals surface area contributed by atoms with E-state index in [1.807, 2.05) is 11.8 Å². The Bertz CT molecular complexity index is 545. The number of rotatable bonds is 5. The van der Waals surface area contributed by atoms with E-state index >= 15 is 0 Å². The molecule has 0 radical (unpaired) electrons. The number of thioether (sulfide) groups is 1. The van der Waals surface area contributed by atoms with Crippen molar-refractivity contribution in [3.8, 4) is 0 Å². The predicted molar refractivity (Wildman–Crippen MR) is 85.5 cm³/mol. The molecule has 1 heterocycles. The Labute approximate surface area is 128 Å². The van der Waals surface area contributed by atoms with Gasteiger partial charge in [-0.3, -0.25) is 4.79 Å². The van der Waals surface area contributed by atoms with Crippen LogP contribution in [-0.4, -0.2) is 34.0 Å². The molecule has 21 heavy (non-hydrogen) atoms. The van der Waals surface area contributed by atoms with E-state index in [4.69, 9.17) is 5.11 Å². The standard InChI is InChI=1S/C16H19NO3S/c1-16(9-2-10-21-16)11-17-15(20)13-6-3-12(4-7-13)5-8-14(18)19/h3-8H,2,9-11H2,1H3,(H,17,20)(H,18,19)/b8-5+. The summed E-state index contributed by atoms with van der Waals surface area (Å²) in [5, 5.41) is 11.5. The van der Waals surface area contributed by atoms with Crippen LogP contribution in [0.5, 0.6) is 0 Å². The number of aliphatic carboxylic acids is 1. The maximum Gasteiger partial charge on any atom is 0.328 e. The van der Waals surface area contributed by atoms with E-state index in [0.717, 1.165) is 23.8 Å². The van der Waals surface area contributed by atoms with Crippen molar-refractivity contribution in [2.45, 2.75) is 24.5 Å². The Kier molecular flexibility index (Phi) is 5.07. The van der Waals surface area contributed by atoms with Gasteiger partial charge in [0.2, 0.25) is 0 Å². The fourth-order valence-electron chi connectivity index (χ4n) is 2.26. The third-order valence-corrected chi connectivity index (χ3v) is 5.05. The van der Waals surface area contributed by atoms with Crippen molar-refractivity contribution in [1.82, 2.24) is 5.32 Å². The molecule has 1 saturated heterocycles. The van der Waals surface area contributed by atoms with Gasteiger partial charge in [-0.2, -0.15) is 11.8 Å². The van der Waals surface area contributed by atoms with Gasteiger partial charge < -0.3 is 10.4 Å². The van der Waals surface area contributed by atoms with Crippen LogP contribution >= 0.6 is 11.8 Å². The highest BCUT2D eigenvalue weighted by Crippen LogP contribution is 2.36. The average Bonchev–Trinajstić information content (AvgIpc) is 2.90. The van der Waals surface area contributed by atoms with Gasteiger partial charge in [0.05, 0.1) is 0 Å². The van der Waals surface area contributed by atoms with Gasteiger partial charge in [-0.05, 0) is 49.3 Å². The lowest BCUT2D eigenvalue weighted by atomic mass is 10.1. The van der Waals surface area contributed by atoms with E-state index in [9.17, 15) is 9.59 Å². The maximum absolute atomic E-state index is 12.1. The second-order valence-electron chi connectivity index (χ2n) is 5.38. The minimum Gasteiger partial charge on any atom is -0.478 e. The molecule has 1 fully saturated rings. The molecule has 1 aliphatic heterocycles. The van der Waals surface area contributed by atoms with E-state index < -0.39 is 5.97 Å². The van der Waals surface area contributed by atoms with Gasteiger partial charge in [-0.1, -0.05) is 12.1 Å². The van der Waals surface area contributed by atoms with Gasteiger partial charge in [-0.25, -0.2) is 4.79 Å². The fourth-order valence-corrected chi connectivity index (χ4v) is 3.50. The Morgan fingerprint density at radius 3 is 2.67 bits per heavy atom. The Morgan fingerprint density at radius 2 is 2.10 bits per heavy atom. The molecule has 5 heteroatoms. The zero-order valence-electron chi connectivity index (χ0n) is 12.0. The summed E-state index contributed by atoms with van der Waals surface area (Å²) in [6.07, 6.45) is 4.92. The molecule has 0 aliphatic carbocycles. The monoisotopic (exact) mass is 305 g/mol. The summed E-state index contributed by atoms with van der Waals surface area (Å²) >= 11 is 1.91. The van der Waals surface area contributed by atoms with E-state index in [2.05, 4.69) is 12.2 Å². The molecule has 1 unspecified atom stereocenters. The Morgan fingerprint density at radius 1 is 1.38 bits per heavy atom. The smallest absolute Gasteiger partial charge is 0.328 e. The van der Waals surface area contributed by atoms with E-state index in [-0.39, 0.29) is 10.7 Å². The van der Waals surface area contributed by atoms with E-state index in [1.165, 1.54) is 12.5 Å². The van der Waals surface area contributed by atoms with Crippen molar-refractivity contribution in [3.63, 3.8) is 0 Å². The molecule has 4 nitrogen and oxygen atoms in total. The number of hydrogen-bond acceptors (Lipinski definition) is 3. The van der Waals surface area contributed by atoms with Crippen LogP contribution in [0.15, 0.2) is 30.3 Å². The largest absolute Gasteiger partial charge is 0.478 e. The second kappa shape index (κ2) is 6.80. The summed E-state index contributed by atoms with van der Waals surface area (Å²) < 4.78 is 0.153. The molecule has 112 valence electrons. The van der Waals surface area contributed by atoms with Crippen LogP contribution in [0.1, 0.15) is 35.7 Å². The van der Waals surface area contributed by atoms with E-state index in [0.29, 0.717) is 12.1 Å². The Hall–Kier alpha value is -1.75. The summed E-state index contributed by atoms with van der Waals surface area (Å²) in [5.41, 5.74) is 1.35. The predicted octanol–water partition coefficient (Wildman–Crippen LogP) is 2.80. The summed E-state index contributed by atoms with van der Waals surface area (Å²) in [6, 6.07) is 6.89. The third-order valence-electron chi connectivity index (χ3n) is 3.51. The average molecular weight is 305 g/mol. The molecule has 1 aromatic carbocycles. The van der Waals surface area contributed by atoms with Gasteiger partial charge in [0.25, 0.3) is 5.91 Å². The lowest BCUT2D eigenvalue weighted by Crippen LogP contribution is -2.36. The first-order chi connectivity index (χ1) is 9.98. The van der Waals surface area contributed by atoms with Gasteiger partial charge >= 0.3 is 5.97 Å². The summed E-state index contributed by atoms with van der Waals surface area (Å²) in [6.45, 7) is 2.86. The number of carbonyl (C=O) groups is 2. The van der Waals surface area contributed by atoms with Crippen molar-refractivity contribution >= 4 is 29.7 Å². The van der Waals surface area contributed by atoms with Crippen molar-refractivity contribution in [2.24, 2.45) is 0 Å². The first-order valence-corrected chi connectivity index (χ1v) is 7.90. The first kappa shape index (κ1) is 15.6. The van der Waals surface area contributed by atoms with Crippen LogP contribution in [0.2, 0.25) is 0 Å². The highest BCUT2D eigenvalue weighted by atomic mass is 32.2. The molecule has 1 amide bonds. The molecule has 1 aromatic rings. The van der Waals surface area contributed by atoms with Crippen molar-refractivity contribution in [1.29, 1.82) is 0 Å². The number of benzene rings is 1. The number of amides is 1. The van der Waals surface area contributed by atoms with Crippen LogP contribution < -0.4 is 5.32 Å². The molecular formula is C16H19NO3S. The fraction of sp³-hybridized carbons (Fsp3) is 0.375. The second-order valence-corrected chi connectivity index (χ2v) is 7.06. The van der Waals surface area contributed by atoms with Gasteiger partial charge in [-0.15, -0.1) is 0 Å². The maximum atomic E-state index is 12.1. The molecule has 1 aliphatic rings. The molecule has 0 saturated carbocycles. The zero-order chi connectivity index (χ0) is 15.3. The number of carboxylic acids is 1. The summed E-state index contributed by atoms with van der Waals surface area (Å²) in [7, 11) is 0. The molecule has 0 aromatic heterocycles. The van der Waals surface area contributed by atoms with Gasteiger partial charge in [0, 0.05) is 22.9 Å². The van der Waals surface area contributed by atoms with E-state index in [1.54, 1.807) is 24.3 Å². The number of carboxylic acid groups (broad SMARTS) is 1. The third kappa shape index (κ3) is 4.63. The first-order valence-electron chi connectivity index (χ1n) is 6.92. The Balaban J connectivity index is 1.92. The molecule has 1 atom stereocenters. The topological polar surface area (TPSA) is 66.4 Å². The normalized spacial score (nSPS) is 21.6. The highest BCUT2D eigenvalue weighted by Gasteiger charge is 2.29. The minimum absolute atomic E-state index is 0.0857. The summed E-state index contributed by atoms with van der Waals surface area (Å²) in [4.78, 5) is 22.5. The molecule has 2 rings (SSSR count). The number of nitrogens with one attached hydrogen (secondary N) is 1. The molecule has 2 N–H and O–H groups in total. The van der Waals surface area contributed by atoms with Gasteiger partial charge in [0.1, 0.15) is 0 Å². The summed E-state index contributed by atoms with van der Waals surface area (Å²) in [5.74, 6) is 0.0911. The SMILES string of the molecule is CC1(CNC(=O)c2ccc(/C=C/C(=O)O)cc2)CCCS1. The van der Waals surface area contributed by atoms with Crippen LogP contribution in [0.25, 0.3) is 6.08 Å². The number of hydrogen-bond donors (Lipinski definition) is 2. The molecule has 0 spiro atoms. The molecular weight excluding hydrogens is 286 g/mol. The van der Waals surface area contributed by atoms with Crippen molar-refractivity contribution < 1.29 is 14.7 Å². The van der Waals surface area contributed by atoms with Crippen LogP contribution in [-0.2, 0) is 4.79 Å². The highest BCUT2D eigenvalue weighted by molar-refractivity contribution is 8.00. The lowest BCUT2D eigenvalue weighted by Gasteiger charge is -2.22.